The summed E-state index contributed by atoms with van der Waals surface area (Å²) in [6.45, 7) is 15.9. The van der Waals surface area contributed by atoms with E-state index in [1.807, 2.05) is 133 Å². The van der Waals surface area contributed by atoms with E-state index < -0.39 is 5.54 Å². The van der Waals surface area contributed by atoms with Gasteiger partial charge in [-0.3, -0.25) is 19.8 Å². The summed E-state index contributed by atoms with van der Waals surface area (Å²) in [6, 6.07) is 30.2. The molecule has 4 aromatic carbocycles. The van der Waals surface area contributed by atoms with E-state index in [4.69, 9.17) is 32.7 Å². The van der Waals surface area contributed by atoms with Crippen LogP contribution in [0.2, 0.25) is 0 Å². The summed E-state index contributed by atoms with van der Waals surface area (Å²) in [5.74, 6) is 0.495. The number of benzene rings is 4. The average Bonchev–Trinajstić information content (AvgIpc) is 3.63. The second kappa shape index (κ2) is 17.3. The van der Waals surface area contributed by atoms with Crippen molar-refractivity contribution in [1.82, 2.24) is 10.4 Å². The molecule has 2 unspecified atom stereocenters. The summed E-state index contributed by atoms with van der Waals surface area (Å²) >= 11 is 11.5. The van der Waals surface area contributed by atoms with Crippen LogP contribution in [0.4, 0.5) is 0 Å². The van der Waals surface area contributed by atoms with Gasteiger partial charge >= 0.3 is 5.97 Å². The Morgan fingerprint density at radius 3 is 2.00 bits per heavy atom. The van der Waals surface area contributed by atoms with Crippen LogP contribution in [0.1, 0.15) is 84.5 Å². The number of halogens is 2. The highest BCUT2D eigenvalue weighted by Crippen LogP contribution is 2.60. The fraction of sp³-hybridized carbons (Fsp3) is 0.326. The molecule has 1 aliphatic rings. The van der Waals surface area contributed by atoms with Crippen LogP contribution >= 0.6 is 23.2 Å². The molecule has 5 rings (SSSR count). The van der Waals surface area contributed by atoms with Crippen LogP contribution in [0, 0.1) is 31.1 Å². The Morgan fingerprint density at radius 2 is 1.42 bits per heavy atom. The maximum atomic E-state index is 13.1. The monoisotopic (exact) mass is 742 g/mol. The van der Waals surface area contributed by atoms with Crippen LogP contribution < -0.4 is 10.2 Å². The topological polar surface area (TPSA) is 84.9 Å². The Kier molecular flexibility index (Phi) is 13.4. The van der Waals surface area contributed by atoms with Crippen LogP contribution in [0.25, 0.3) is 0 Å². The fourth-order valence-electron chi connectivity index (χ4n) is 5.95. The number of nitrogens with zero attached hydrogens (tertiary/aromatic N) is 1. The van der Waals surface area contributed by atoms with Crippen molar-refractivity contribution in [2.24, 2.45) is 17.3 Å². The lowest BCUT2D eigenvalue weighted by Crippen LogP contribution is -2.55. The van der Waals surface area contributed by atoms with E-state index in [0.717, 1.165) is 28.9 Å². The first-order valence-electron chi connectivity index (χ1n) is 17.3. The van der Waals surface area contributed by atoms with E-state index in [9.17, 15) is 14.4 Å². The van der Waals surface area contributed by atoms with Gasteiger partial charge in [0.2, 0.25) is 0 Å². The number of carbonyl (C=O) groups excluding carboxylic acids is 3. The van der Waals surface area contributed by atoms with Crippen LogP contribution in [-0.4, -0.2) is 28.3 Å². The molecule has 0 radical (unpaired) electrons. The van der Waals surface area contributed by atoms with Gasteiger partial charge in [-0.1, -0.05) is 104 Å². The highest BCUT2D eigenvalue weighted by molar-refractivity contribution is 6.55. The van der Waals surface area contributed by atoms with E-state index in [2.05, 4.69) is 12.3 Å². The average molecular weight is 744 g/mol. The van der Waals surface area contributed by atoms with Crippen LogP contribution in [0.5, 0.6) is 11.5 Å². The Labute approximate surface area is 317 Å². The lowest BCUT2D eigenvalue weighted by atomic mass is 10.0. The lowest BCUT2D eigenvalue weighted by Gasteiger charge is -2.35. The molecule has 52 heavy (non-hydrogen) atoms. The quantitative estimate of drug-likeness (QED) is 0.136. The Balaban J connectivity index is 0.000000233. The molecule has 1 fully saturated rings. The third-order valence-electron chi connectivity index (χ3n) is 8.91. The van der Waals surface area contributed by atoms with Crippen molar-refractivity contribution in [3.8, 4) is 11.5 Å². The maximum Gasteiger partial charge on any atom is 0.310 e. The van der Waals surface area contributed by atoms with E-state index in [1.165, 1.54) is 10.6 Å². The molecule has 2 amide bonds. The zero-order valence-corrected chi connectivity index (χ0v) is 32.6. The summed E-state index contributed by atoms with van der Waals surface area (Å²) in [5.41, 5.74) is 7.21. The van der Waals surface area contributed by atoms with Crippen molar-refractivity contribution in [2.75, 3.05) is 0 Å². The number of allylic oxidation sites excluding steroid dienone is 1. The number of nitrogens with one attached hydrogen (secondary N) is 1. The summed E-state index contributed by atoms with van der Waals surface area (Å²) in [7, 11) is 0. The summed E-state index contributed by atoms with van der Waals surface area (Å²) in [5, 5.41) is 1.41. The van der Waals surface area contributed by atoms with E-state index >= 15 is 0 Å². The molecule has 1 saturated carbocycles. The summed E-state index contributed by atoms with van der Waals surface area (Å²) < 4.78 is 11.5. The number of amides is 2. The lowest BCUT2D eigenvalue weighted by molar-refractivity contribution is -0.147. The summed E-state index contributed by atoms with van der Waals surface area (Å²) in [4.78, 5) is 38.1. The van der Waals surface area contributed by atoms with Gasteiger partial charge in [-0.2, -0.15) is 0 Å². The molecule has 2 atom stereocenters. The summed E-state index contributed by atoms with van der Waals surface area (Å²) in [6.07, 6.45) is 2.63. The number of hydrogen-bond acceptors (Lipinski definition) is 5. The van der Waals surface area contributed by atoms with Crippen molar-refractivity contribution in [1.29, 1.82) is 0 Å². The molecule has 0 heterocycles. The fourth-order valence-corrected chi connectivity index (χ4v) is 6.22. The van der Waals surface area contributed by atoms with E-state index in [0.29, 0.717) is 16.9 Å². The van der Waals surface area contributed by atoms with Crippen LogP contribution in [0.3, 0.4) is 0 Å². The smallest absolute Gasteiger partial charge is 0.310 e. The van der Waals surface area contributed by atoms with Gasteiger partial charge in [-0.05, 0) is 118 Å². The highest BCUT2D eigenvalue weighted by atomic mass is 35.5. The number of para-hydroxylation sites is 1. The second-order valence-electron chi connectivity index (χ2n) is 14.6. The first kappa shape index (κ1) is 40.2. The van der Waals surface area contributed by atoms with Gasteiger partial charge in [0, 0.05) is 11.1 Å². The largest absolute Gasteiger partial charge is 0.461 e. The van der Waals surface area contributed by atoms with Crippen molar-refractivity contribution in [2.45, 2.75) is 74.0 Å². The number of carbonyl (C=O) groups is 3. The molecule has 0 saturated heterocycles. The molecular formula is C43H48Cl2N2O5. The molecule has 4 aromatic rings. The van der Waals surface area contributed by atoms with Gasteiger partial charge < -0.3 is 9.47 Å². The zero-order valence-electron chi connectivity index (χ0n) is 31.1. The second-order valence-corrected chi connectivity index (χ2v) is 15.6. The van der Waals surface area contributed by atoms with E-state index in [-0.39, 0.29) is 46.1 Å². The Hall–Kier alpha value is -4.59. The molecule has 9 heteroatoms. The minimum atomic E-state index is -0.562. The van der Waals surface area contributed by atoms with Gasteiger partial charge in [-0.25, -0.2) is 5.01 Å². The molecule has 0 bridgehead atoms. The predicted molar refractivity (Wildman–Crippen MR) is 208 cm³/mol. The first-order valence-corrected chi connectivity index (χ1v) is 18.1. The molecule has 274 valence electrons. The highest BCUT2D eigenvalue weighted by Gasteiger charge is 2.61. The molecule has 0 aliphatic heterocycles. The molecule has 7 nitrogen and oxygen atoms in total. The number of hydrogen-bond donors (Lipinski definition) is 1. The molecular weight excluding hydrogens is 695 g/mol. The SMILES string of the molecule is CC1(C)C(C=C(Cl)Cl)C1C(=O)OCc1cccc(Oc2ccccc2)c1.CCc1ccc(C(=O)NN(C(=O)c2cc(C)cc(C)c2)C(C)(C)C)cc1. The molecule has 1 N–H and O–H groups in total. The number of hydrazine groups is 1. The van der Waals surface area contributed by atoms with E-state index in [1.54, 1.807) is 18.2 Å². The Bertz CT molecular complexity index is 1870. The van der Waals surface area contributed by atoms with Gasteiger partial charge in [0.05, 0.1) is 11.5 Å². The standard InChI is InChI=1S/C22H28N2O2.C21H20Cl2O3/c1-7-17-8-10-18(11-9-17)20(25)23-24(22(4,5)6)21(26)19-13-15(2)12-16(3)14-19;1-21(2)17(12-18(22)23)19(21)20(24)25-13-14-7-6-10-16(11-14)26-15-8-4-3-5-9-15/h8-14H,7H2,1-6H3,(H,23,25);3-12,17,19H,13H2,1-2H3. The third kappa shape index (κ3) is 11.0. The van der Waals surface area contributed by atoms with Gasteiger partial charge in [0.1, 0.15) is 22.6 Å². The molecule has 1 aliphatic carbocycles. The predicted octanol–water partition coefficient (Wildman–Crippen LogP) is 10.6. The Morgan fingerprint density at radius 1 is 0.808 bits per heavy atom. The minimum absolute atomic E-state index is 0.00717. The number of rotatable bonds is 9. The van der Waals surface area contributed by atoms with Gasteiger partial charge in [-0.15, -0.1) is 0 Å². The van der Waals surface area contributed by atoms with Crippen molar-refractivity contribution in [3.05, 3.63) is 141 Å². The third-order valence-corrected chi connectivity index (χ3v) is 9.16. The zero-order chi connectivity index (χ0) is 38.2. The number of ether oxygens (including phenoxy) is 2. The van der Waals surface area contributed by atoms with Crippen molar-refractivity contribution >= 4 is 41.0 Å². The van der Waals surface area contributed by atoms with Crippen LogP contribution in [-0.2, 0) is 22.6 Å². The number of esters is 1. The van der Waals surface area contributed by atoms with Gasteiger partial charge in [0.25, 0.3) is 11.8 Å². The van der Waals surface area contributed by atoms with Crippen LogP contribution in [0.15, 0.2) is 108 Å². The molecule has 0 spiro atoms. The minimum Gasteiger partial charge on any atom is -0.461 e. The van der Waals surface area contributed by atoms with Crippen molar-refractivity contribution in [3.63, 3.8) is 0 Å². The first-order chi connectivity index (χ1) is 24.5. The number of aryl methyl sites for hydroxylation is 3. The normalized spacial score (nSPS) is 15.7. The van der Waals surface area contributed by atoms with Crippen molar-refractivity contribution < 1.29 is 23.9 Å². The maximum absolute atomic E-state index is 13.1. The van der Waals surface area contributed by atoms with Gasteiger partial charge in [0.15, 0.2) is 0 Å². The molecule has 0 aromatic heterocycles.